The van der Waals surface area contributed by atoms with Gasteiger partial charge in [0.25, 0.3) is 0 Å². The lowest BCUT2D eigenvalue weighted by atomic mass is 9.98. The first kappa shape index (κ1) is 19.2. The standard InChI is InChI=1S/C23H22N2O3/c1-15-8-9-18(22(26)28-3)14-20(15)17-10-12-19(13-11-17)24-23(27)25-21-7-5-4-6-16(21)2/h4-14H,1-3H3,(H2,24,25,27). The van der Waals surface area contributed by atoms with E-state index in [1.165, 1.54) is 7.11 Å². The Morgan fingerprint density at radius 2 is 1.54 bits per heavy atom. The predicted octanol–water partition coefficient (Wildman–Crippen LogP) is 5.40. The first-order chi connectivity index (χ1) is 13.5. The molecule has 0 radical (unpaired) electrons. The van der Waals surface area contributed by atoms with Crippen molar-refractivity contribution in [3.05, 3.63) is 83.4 Å². The highest BCUT2D eigenvalue weighted by molar-refractivity contribution is 6.00. The highest BCUT2D eigenvalue weighted by Crippen LogP contribution is 2.26. The van der Waals surface area contributed by atoms with Crippen molar-refractivity contribution >= 4 is 23.4 Å². The number of methoxy groups -OCH3 is 1. The third-order valence-corrected chi connectivity index (χ3v) is 4.51. The van der Waals surface area contributed by atoms with Gasteiger partial charge in [-0.05, 0) is 66.4 Å². The van der Waals surface area contributed by atoms with Crippen LogP contribution in [0.1, 0.15) is 21.5 Å². The lowest BCUT2D eigenvalue weighted by Gasteiger charge is -2.11. The third kappa shape index (κ3) is 4.38. The van der Waals surface area contributed by atoms with Gasteiger partial charge in [0.2, 0.25) is 0 Å². The Hall–Kier alpha value is -3.60. The molecule has 0 aliphatic rings. The van der Waals surface area contributed by atoms with Crippen LogP contribution >= 0.6 is 0 Å². The van der Waals surface area contributed by atoms with Gasteiger partial charge in [-0.3, -0.25) is 0 Å². The molecule has 0 atom stereocenters. The number of carbonyl (C=O) groups excluding carboxylic acids is 2. The second-order valence-electron chi connectivity index (χ2n) is 6.49. The second-order valence-corrected chi connectivity index (χ2v) is 6.49. The summed E-state index contributed by atoms with van der Waals surface area (Å²) >= 11 is 0. The summed E-state index contributed by atoms with van der Waals surface area (Å²) in [6, 6.07) is 20.2. The molecule has 2 N–H and O–H groups in total. The van der Waals surface area contributed by atoms with E-state index in [9.17, 15) is 9.59 Å². The highest BCUT2D eigenvalue weighted by atomic mass is 16.5. The summed E-state index contributed by atoms with van der Waals surface area (Å²) < 4.78 is 4.79. The zero-order valence-corrected chi connectivity index (χ0v) is 16.1. The van der Waals surface area contributed by atoms with Crippen LogP contribution < -0.4 is 10.6 Å². The van der Waals surface area contributed by atoms with Gasteiger partial charge in [-0.15, -0.1) is 0 Å². The number of amides is 2. The molecule has 0 aromatic heterocycles. The number of ether oxygens (including phenoxy) is 1. The summed E-state index contributed by atoms with van der Waals surface area (Å²) in [4.78, 5) is 24.0. The molecule has 5 heteroatoms. The van der Waals surface area contributed by atoms with Crippen molar-refractivity contribution in [3.8, 4) is 11.1 Å². The molecule has 0 saturated heterocycles. The van der Waals surface area contributed by atoms with Crippen LogP contribution in [0.4, 0.5) is 16.2 Å². The SMILES string of the molecule is COC(=O)c1ccc(C)c(-c2ccc(NC(=O)Nc3ccccc3C)cc2)c1. The monoisotopic (exact) mass is 374 g/mol. The molecular formula is C23H22N2O3. The van der Waals surface area contributed by atoms with Crippen molar-refractivity contribution in [2.75, 3.05) is 17.7 Å². The summed E-state index contributed by atoms with van der Waals surface area (Å²) in [5.41, 5.74) is 5.89. The molecule has 0 fully saturated rings. The molecule has 3 aromatic rings. The van der Waals surface area contributed by atoms with E-state index >= 15 is 0 Å². The average Bonchev–Trinajstić information content (AvgIpc) is 2.70. The minimum atomic E-state index is -0.368. The maximum Gasteiger partial charge on any atom is 0.337 e. The number of esters is 1. The molecule has 0 spiro atoms. The number of rotatable bonds is 4. The van der Waals surface area contributed by atoms with E-state index < -0.39 is 0 Å². The molecule has 0 aliphatic carbocycles. The van der Waals surface area contributed by atoms with Crippen LogP contribution in [0.15, 0.2) is 66.7 Å². The van der Waals surface area contributed by atoms with Crippen LogP contribution in [-0.4, -0.2) is 19.1 Å². The van der Waals surface area contributed by atoms with Gasteiger partial charge >= 0.3 is 12.0 Å². The van der Waals surface area contributed by atoms with Crippen LogP contribution in [0.25, 0.3) is 11.1 Å². The molecule has 142 valence electrons. The molecule has 0 saturated carbocycles. The van der Waals surface area contributed by atoms with E-state index in [1.807, 2.05) is 74.5 Å². The molecule has 2 amide bonds. The summed E-state index contributed by atoms with van der Waals surface area (Å²) in [5, 5.41) is 5.66. The number of nitrogens with one attached hydrogen (secondary N) is 2. The van der Waals surface area contributed by atoms with E-state index in [0.29, 0.717) is 11.3 Å². The van der Waals surface area contributed by atoms with Gasteiger partial charge in [0, 0.05) is 11.4 Å². The molecule has 0 bridgehead atoms. The van der Waals surface area contributed by atoms with E-state index in [4.69, 9.17) is 4.74 Å². The predicted molar refractivity (Wildman–Crippen MR) is 112 cm³/mol. The van der Waals surface area contributed by atoms with Crippen LogP contribution in [0, 0.1) is 13.8 Å². The Morgan fingerprint density at radius 1 is 0.821 bits per heavy atom. The van der Waals surface area contributed by atoms with Crippen molar-refractivity contribution in [2.45, 2.75) is 13.8 Å². The number of carbonyl (C=O) groups is 2. The van der Waals surface area contributed by atoms with Gasteiger partial charge in [0.05, 0.1) is 12.7 Å². The molecule has 28 heavy (non-hydrogen) atoms. The molecule has 3 rings (SSSR count). The number of hydrogen-bond acceptors (Lipinski definition) is 3. The van der Waals surface area contributed by atoms with Crippen molar-refractivity contribution < 1.29 is 14.3 Å². The maximum atomic E-state index is 12.2. The first-order valence-electron chi connectivity index (χ1n) is 8.91. The maximum absolute atomic E-state index is 12.2. The zero-order chi connectivity index (χ0) is 20.1. The smallest absolute Gasteiger partial charge is 0.337 e. The molecule has 5 nitrogen and oxygen atoms in total. The molecule has 0 unspecified atom stereocenters. The lowest BCUT2D eigenvalue weighted by molar-refractivity contribution is 0.0600. The van der Waals surface area contributed by atoms with Crippen molar-refractivity contribution in [1.29, 1.82) is 0 Å². The fourth-order valence-corrected chi connectivity index (χ4v) is 2.91. The molecular weight excluding hydrogens is 352 g/mol. The number of urea groups is 1. The Labute approximate surface area is 164 Å². The average molecular weight is 374 g/mol. The number of aryl methyl sites for hydroxylation is 2. The Morgan fingerprint density at radius 3 is 2.21 bits per heavy atom. The van der Waals surface area contributed by atoms with Gasteiger partial charge in [0.1, 0.15) is 0 Å². The van der Waals surface area contributed by atoms with Crippen LogP contribution in [0.3, 0.4) is 0 Å². The van der Waals surface area contributed by atoms with Crippen molar-refractivity contribution in [2.24, 2.45) is 0 Å². The van der Waals surface area contributed by atoms with Crippen LogP contribution in [-0.2, 0) is 4.74 Å². The highest BCUT2D eigenvalue weighted by Gasteiger charge is 2.10. The van der Waals surface area contributed by atoms with Gasteiger partial charge in [-0.25, -0.2) is 9.59 Å². The first-order valence-corrected chi connectivity index (χ1v) is 8.91. The van der Waals surface area contributed by atoms with Gasteiger partial charge in [-0.2, -0.15) is 0 Å². The largest absolute Gasteiger partial charge is 0.465 e. The fourth-order valence-electron chi connectivity index (χ4n) is 2.91. The van der Waals surface area contributed by atoms with E-state index in [0.717, 1.165) is 27.9 Å². The summed E-state index contributed by atoms with van der Waals surface area (Å²) in [5.74, 6) is -0.368. The number of anilines is 2. The number of benzene rings is 3. The number of para-hydroxylation sites is 1. The minimum absolute atomic E-state index is 0.300. The van der Waals surface area contributed by atoms with Gasteiger partial charge in [-0.1, -0.05) is 36.4 Å². The van der Waals surface area contributed by atoms with E-state index in [1.54, 1.807) is 6.07 Å². The van der Waals surface area contributed by atoms with E-state index in [-0.39, 0.29) is 12.0 Å². The number of hydrogen-bond donors (Lipinski definition) is 2. The zero-order valence-electron chi connectivity index (χ0n) is 16.1. The van der Waals surface area contributed by atoms with Crippen molar-refractivity contribution in [3.63, 3.8) is 0 Å². The molecule has 0 heterocycles. The van der Waals surface area contributed by atoms with Crippen LogP contribution in [0.5, 0.6) is 0 Å². The third-order valence-electron chi connectivity index (χ3n) is 4.51. The lowest BCUT2D eigenvalue weighted by Crippen LogP contribution is -2.19. The minimum Gasteiger partial charge on any atom is -0.465 e. The second kappa shape index (κ2) is 8.39. The fraction of sp³-hybridized carbons (Fsp3) is 0.130. The quantitative estimate of drug-likeness (QED) is 0.601. The Kier molecular flexibility index (Phi) is 5.75. The molecule has 3 aromatic carbocycles. The normalized spacial score (nSPS) is 10.2. The van der Waals surface area contributed by atoms with E-state index in [2.05, 4.69) is 10.6 Å². The van der Waals surface area contributed by atoms with Crippen LogP contribution in [0.2, 0.25) is 0 Å². The summed E-state index contributed by atoms with van der Waals surface area (Å²) in [6.07, 6.45) is 0. The Balaban J connectivity index is 1.74. The van der Waals surface area contributed by atoms with Gasteiger partial charge < -0.3 is 15.4 Å². The topological polar surface area (TPSA) is 67.4 Å². The summed E-state index contributed by atoms with van der Waals surface area (Å²) in [6.45, 7) is 3.92. The van der Waals surface area contributed by atoms with Crippen molar-refractivity contribution in [1.82, 2.24) is 0 Å². The Bertz CT molecular complexity index is 1010. The summed E-state index contributed by atoms with van der Waals surface area (Å²) in [7, 11) is 1.37. The molecule has 0 aliphatic heterocycles. The van der Waals surface area contributed by atoms with Gasteiger partial charge in [0.15, 0.2) is 0 Å².